The van der Waals surface area contributed by atoms with E-state index in [2.05, 4.69) is 15.5 Å². The second-order valence-corrected chi connectivity index (χ2v) is 5.99. The molecule has 0 saturated carbocycles. The zero-order valence-corrected chi connectivity index (χ0v) is 14.6. The Balaban J connectivity index is 1.61. The van der Waals surface area contributed by atoms with Crippen molar-refractivity contribution in [1.29, 1.82) is 0 Å². The molecule has 0 aliphatic rings. The maximum absolute atomic E-state index is 11.9. The van der Waals surface area contributed by atoms with Crippen LogP contribution in [0, 0.1) is 20.8 Å². The molecule has 1 heterocycles. The number of fused-ring (bicyclic) bond motifs is 1. The number of hydrogen-bond acceptors (Lipinski definition) is 3. The maximum Gasteiger partial charge on any atom is 0.277 e. The number of aromatic nitrogens is 1. The normalized spacial score (nSPS) is 11.2. The molecule has 0 fully saturated rings. The van der Waals surface area contributed by atoms with E-state index >= 15 is 0 Å². The highest BCUT2D eigenvalue weighted by atomic mass is 16.5. The molecule has 0 bridgehead atoms. The fourth-order valence-corrected chi connectivity index (χ4v) is 2.69. The largest absolute Gasteiger partial charge is 0.483 e. The van der Waals surface area contributed by atoms with E-state index in [9.17, 15) is 4.79 Å². The minimum atomic E-state index is -0.297. The number of carbonyl (C=O) groups excluding carboxylic acids is 1. The Morgan fingerprint density at radius 3 is 2.80 bits per heavy atom. The smallest absolute Gasteiger partial charge is 0.277 e. The van der Waals surface area contributed by atoms with Gasteiger partial charge in [0.15, 0.2) is 6.61 Å². The number of aryl methyl sites for hydroxylation is 2. The first-order chi connectivity index (χ1) is 12.1. The van der Waals surface area contributed by atoms with Crippen LogP contribution < -0.4 is 10.2 Å². The van der Waals surface area contributed by atoms with Crippen LogP contribution in [0.3, 0.4) is 0 Å². The Morgan fingerprint density at radius 1 is 1.16 bits per heavy atom. The van der Waals surface area contributed by atoms with Crippen LogP contribution in [0.1, 0.15) is 22.4 Å². The zero-order valence-electron chi connectivity index (χ0n) is 14.6. The summed E-state index contributed by atoms with van der Waals surface area (Å²) in [5.41, 5.74) is 7.69. The standard InChI is InChI=1S/C20H21N3O2/c1-13-7-6-10-19(14(13)2)25-12-20(24)23-21-11-17-15(3)22-18-9-5-4-8-16(17)18/h4-11,22H,12H2,1-3H3,(H,23,24)/b21-11+. The lowest BCUT2D eigenvalue weighted by Crippen LogP contribution is -2.24. The third-order valence-electron chi connectivity index (χ3n) is 4.24. The van der Waals surface area contributed by atoms with Crippen LogP contribution in [-0.2, 0) is 4.79 Å². The number of nitrogens with zero attached hydrogens (tertiary/aromatic N) is 1. The van der Waals surface area contributed by atoms with Crippen LogP contribution in [0.15, 0.2) is 47.6 Å². The molecule has 2 aromatic carbocycles. The summed E-state index contributed by atoms with van der Waals surface area (Å²) in [7, 11) is 0. The molecule has 0 spiro atoms. The summed E-state index contributed by atoms with van der Waals surface area (Å²) in [6, 6.07) is 13.8. The van der Waals surface area contributed by atoms with Crippen LogP contribution in [0.4, 0.5) is 0 Å². The van der Waals surface area contributed by atoms with E-state index in [1.54, 1.807) is 6.21 Å². The van der Waals surface area contributed by atoms with Gasteiger partial charge in [-0.05, 0) is 44.0 Å². The summed E-state index contributed by atoms with van der Waals surface area (Å²) >= 11 is 0. The second-order valence-electron chi connectivity index (χ2n) is 5.99. The lowest BCUT2D eigenvalue weighted by atomic mass is 10.1. The number of hydrogen-bond donors (Lipinski definition) is 2. The maximum atomic E-state index is 11.9. The van der Waals surface area contributed by atoms with Gasteiger partial charge in [-0.2, -0.15) is 5.10 Å². The van der Waals surface area contributed by atoms with Gasteiger partial charge in [-0.15, -0.1) is 0 Å². The Kier molecular flexibility index (Phi) is 4.84. The Morgan fingerprint density at radius 2 is 1.96 bits per heavy atom. The lowest BCUT2D eigenvalue weighted by molar-refractivity contribution is -0.123. The van der Waals surface area contributed by atoms with E-state index in [0.717, 1.165) is 33.3 Å². The summed E-state index contributed by atoms with van der Waals surface area (Å²) < 4.78 is 5.57. The first-order valence-electron chi connectivity index (χ1n) is 8.14. The van der Waals surface area contributed by atoms with Crippen molar-refractivity contribution in [3.05, 3.63) is 64.8 Å². The fraction of sp³-hybridized carbons (Fsp3) is 0.200. The molecule has 5 nitrogen and oxygen atoms in total. The number of ether oxygens (including phenoxy) is 1. The van der Waals surface area contributed by atoms with Gasteiger partial charge >= 0.3 is 0 Å². The highest BCUT2D eigenvalue weighted by Crippen LogP contribution is 2.21. The number of rotatable bonds is 5. The first kappa shape index (κ1) is 16.8. The molecule has 1 aromatic heterocycles. The molecule has 0 atom stereocenters. The number of para-hydroxylation sites is 1. The average molecular weight is 335 g/mol. The number of benzene rings is 2. The molecule has 0 aliphatic heterocycles. The molecule has 25 heavy (non-hydrogen) atoms. The van der Waals surface area contributed by atoms with Crippen molar-refractivity contribution in [2.24, 2.45) is 5.10 Å². The molecular weight excluding hydrogens is 314 g/mol. The molecule has 0 aliphatic carbocycles. The van der Waals surface area contributed by atoms with Gasteiger partial charge in [0.25, 0.3) is 5.91 Å². The van der Waals surface area contributed by atoms with Gasteiger partial charge in [-0.3, -0.25) is 4.79 Å². The van der Waals surface area contributed by atoms with Crippen molar-refractivity contribution >= 4 is 23.0 Å². The summed E-state index contributed by atoms with van der Waals surface area (Å²) in [5, 5.41) is 5.13. The molecule has 0 radical (unpaired) electrons. The van der Waals surface area contributed by atoms with Crippen LogP contribution in [-0.4, -0.2) is 23.7 Å². The minimum absolute atomic E-state index is 0.0749. The SMILES string of the molecule is Cc1cccc(OCC(=O)N/N=C/c2c(C)[nH]c3ccccc23)c1C. The number of nitrogens with one attached hydrogen (secondary N) is 2. The predicted molar refractivity (Wildman–Crippen MR) is 100 cm³/mol. The van der Waals surface area contributed by atoms with Gasteiger partial charge in [-0.25, -0.2) is 5.43 Å². The summed E-state index contributed by atoms with van der Waals surface area (Å²) in [4.78, 5) is 15.2. The van der Waals surface area contributed by atoms with Crippen molar-refractivity contribution in [3.63, 3.8) is 0 Å². The van der Waals surface area contributed by atoms with Gasteiger partial charge in [0, 0.05) is 22.2 Å². The fourth-order valence-electron chi connectivity index (χ4n) is 2.69. The van der Waals surface area contributed by atoms with Gasteiger partial charge in [-0.1, -0.05) is 30.3 Å². The molecule has 0 saturated heterocycles. The molecular formula is C20H21N3O2. The third kappa shape index (κ3) is 3.71. The highest BCUT2D eigenvalue weighted by Gasteiger charge is 2.07. The van der Waals surface area contributed by atoms with E-state index in [-0.39, 0.29) is 12.5 Å². The first-order valence-corrected chi connectivity index (χ1v) is 8.14. The van der Waals surface area contributed by atoms with Crippen molar-refractivity contribution in [3.8, 4) is 5.75 Å². The number of carbonyl (C=O) groups is 1. The highest BCUT2D eigenvalue weighted by molar-refractivity contribution is 6.00. The van der Waals surface area contributed by atoms with E-state index < -0.39 is 0 Å². The van der Waals surface area contributed by atoms with E-state index in [0.29, 0.717) is 5.75 Å². The summed E-state index contributed by atoms with van der Waals surface area (Å²) in [6.45, 7) is 5.89. The van der Waals surface area contributed by atoms with Crippen molar-refractivity contribution in [1.82, 2.24) is 10.4 Å². The third-order valence-corrected chi connectivity index (χ3v) is 4.24. The van der Waals surface area contributed by atoms with Crippen LogP contribution in [0.25, 0.3) is 10.9 Å². The van der Waals surface area contributed by atoms with Gasteiger partial charge in [0.1, 0.15) is 5.75 Å². The number of hydrazone groups is 1. The van der Waals surface area contributed by atoms with Crippen LogP contribution in [0.5, 0.6) is 5.75 Å². The van der Waals surface area contributed by atoms with E-state index in [1.807, 2.05) is 63.2 Å². The molecule has 0 unspecified atom stereocenters. The summed E-state index contributed by atoms with van der Waals surface area (Å²) in [5.74, 6) is 0.418. The molecule has 5 heteroatoms. The average Bonchev–Trinajstić information content (AvgIpc) is 2.92. The molecule has 128 valence electrons. The number of aromatic amines is 1. The van der Waals surface area contributed by atoms with Crippen LogP contribution >= 0.6 is 0 Å². The van der Waals surface area contributed by atoms with Gasteiger partial charge in [0.05, 0.1) is 6.21 Å². The molecule has 1 amide bonds. The Labute approximate surface area is 146 Å². The van der Waals surface area contributed by atoms with Crippen molar-refractivity contribution in [2.75, 3.05) is 6.61 Å². The Hall–Kier alpha value is -3.08. The minimum Gasteiger partial charge on any atom is -0.483 e. The second kappa shape index (κ2) is 7.21. The van der Waals surface area contributed by atoms with Gasteiger partial charge < -0.3 is 9.72 Å². The number of amides is 1. The van der Waals surface area contributed by atoms with E-state index in [4.69, 9.17) is 4.74 Å². The molecule has 2 N–H and O–H groups in total. The van der Waals surface area contributed by atoms with Crippen molar-refractivity contribution in [2.45, 2.75) is 20.8 Å². The quantitative estimate of drug-likeness (QED) is 0.552. The monoisotopic (exact) mass is 335 g/mol. The zero-order chi connectivity index (χ0) is 17.8. The van der Waals surface area contributed by atoms with Gasteiger partial charge in [0.2, 0.25) is 0 Å². The summed E-state index contributed by atoms with van der Waals surface area (Å²) in [6.07, 6.45) is 1.66. The van der Waals surface area contributed by atoms with Crippen LogP contribution in [0.2, 0.25) is 0 Å². The lowest BCUT2D eigenvalue weighted by Gasteiger charge is -2.09. The topological polar surface area (TPSA) is 66.5 Å². The van der Waals surface area contributed by atoms with Crippen molar-refractivity contribution < 1.29 is 9.53 Å². The predicted octanol–water partition coefficient (Wildman–Crippen LogP) is 3.62. The molecule has 3 rings (SSSR count). The molecule has 3 aromatic rings. The van der Waals surface area contributed by atoms with E-state index in [1.165, 1.54) is 0 Å². The number of H-pyrrole nitrogens is 1. The Bertz CT molecular complexity index is 941.